The predicted octanol–water partition coefficient (Wildman–Crippen LogP) is 3.95. The van der Waals surface area contributed by atoms with Gasteiger partial charge in [-0.05, 0) is 50.5 Å². The SMILES string of the molecule is Cc1ccc(C)n1CCCC(=O)N1CCc2c([nH]c3ccccc23)C1. The predicted molar refractivity (Wildman–Crippen MR) is 101 cm³/mol. The van der Waals surface area contributed by atoms with Crippen molar-refractivity contribution in [3.05, 3.63) is 59.0 Å². The Balaban J connectivity index is 1.39. The number of fused-ring (bicyclic) bond motifs is 3. The first kappa shape index (κ1) is 16.0. The van der Waals surface area contributed by atoms with E-state index in [0.717, 1.165) is 25.9 Å². The first-order valence-corrected chi connectivity index (χ1v) is 9.12. The summed E-state index contributed by atoms with van der Waals surface area (Å²) < 4.78 is 2.29. The van der Waals surface area contributed by atoms with Crippen molar-refractivity contribution in [2.75, 3.05) is 6.54 Å². The number of hydrogen-bond donors (Lipinski definition) is 1. The van der Waals surface area contributed by atoms with Crippen LogP contribution in [0.1, 0.15) is 35.5 Å². The molecule has 3 heterocycles. The highest BCUT2D eigenvalue weighted by atomic mass is 16.2. The zero-order valence-electron chi connectivity index (χ0n) is 15.0. The summed E-state index contributed by atoms with van der Waals surface area (Å²) in [6.45, 7) is 6.70. The Kier molecular flexibility index (Phi) is 4.12. The number of aromatic nitrogens is 2. The van der Waals surface area contributed by atoms with Crippen molar-refractivity contribution < 1.29 is 4.79 Å². The third-order valence-electron chi connectivity index (χ3n) is 5.43. The molecule has 130 valence electrons. The highest BCUT2D eigenvalue weighted by Gasteiger charge is 2.23. The van der Waals surface area contributed by atoms with Crippen molar-refractivity contribution in [2.24, 2.45) is 0 Å². The van der Waals surface area contributed by atoms with E-state index in [1.165, 1.54) is 33.5 Å². The van der Waals surface area contributed by atoms with Gasteiger partial charge in [-0.15, -0.1) is 0 Å². The summed E-state index contributed by atoms with van der Waals surface area (Å²) in [4.78, 5) is 18.1. The van der Waals surface area contributed by atoms with Crippen molar-refractivity contribution in [1.29, 1.82) is 0 Å². The molecule has 0 aliphatic carbocycles. The fourth-order valence-corrected chi connectivity index (χ4v) is 4.00. The summed E-state index contributed by atoms with van der Waals surface area (Å²) in [5.74, 6) is 0.270. The highest BCUT2D eigenvalue weighted by Crippen LogP contribution is 2.27. The van der Waals surface area contributed by atoms with E-state index in [0.29, 0.717) is 13.0 Å². The standard InChI is InChI=1S/C21H25N3O/c1-15-9-10-16(2)24(15)12-5-8-21(25)23-13-11-18-17-6-3-4-7-19(17)22-20(18)14-23/h3-4,6-7,9-10,22H,5,8,11-14H2,1-2H3. The Labute approximate surface area is 148 Å². The van der Waals surface area contributed by atoms with Crippen molar-refractivity contribution in [3.63, 3.8) is 0 Å². The Bertz CT molecular complexity index is 899. The number of nitrogens with zero attached hydrogens (tertiary/aromatic N) is 2. The summed E-state index contributed by atoms with van der Waals surface area (Å²) in [5.41, 5.74) is 6.31. The number of aryl methyl sites for hydroxylation is 2. The molecule has 0 radical (unpaired) electrons. The molecule has 1 aliphatic heterocycles. The number of benzene rings is 1. The van der Waals surface area contributed by atoms with Crippen LogP contribution in [0.3, 0.4) is 0 Å². The van der Waals surface area contributed by atoms with Crippen molar-refractivity contribution in [3.8, 4) is 0 Å². The molecule has 0 saturated heterocycles. The average Bonchev–Trinajstić information content (AvgIpc) is 3.15. The number of nitrogens with one attached hydrogen (secondary N) is 1. The number of para-hydroxylation sites is 1. The van der Waals surface area contributed by atoms with E-state index in [1.54, 1.807) is 0 Å². The molecule has 1 aromatic carbocycles. The van der Waals surface area contributed by atoms with Gasteiger partial charge in [-0.1, -0.05) is 18.2 Å². The fraction of sp³-hybridized carbons (Fsp3) is 0.381. The van der Waals surface area contributed by atoms with Crippen LogP contribution >= 0.6 is 0 Å². The molecule has 4 rings (SSSR count). The van der Waals surface area contributed by atoms with Crippen molar-refractivity contribution in [2.45, 2.75) is 46.2 Å². The van der Waals surface area contributed by atoms with Crippen LogP contribution in [-0.4, -0.2) is 26.9 Å². The molecule has 4 heteroatoms. The summed E-state index contributed by atoms with van der Waals surface area (Å²) in [6.07, 6.45) is 2.46. The molecule has 0 spiro atoms. The van der Waals surface area contributed by atoms with Gasteiger partial charge in [0.15, 0.2) is 0 Å². The minimum Gasteiger partial charge on any atom is -0.357 e. The smallest absolute Gasteiger partial charge is 0.222 e. The topological polar surface area (TPSA) is 41.0 Å². The number of carbonyl (C=O) groups excluding carboxylic acids is 1. The van der Waals surface area contributed by atoms with Gasteiger partial charge < -0.3 is 14.5 Å². The molecule has 3 aromatic rings. The molecule has 4 nitrogen and oxygen atoms in total. The lowest BCUT2D eigenvalue weighted by Crippen LogP contribution is -2.35. The molecule has 0 saturated carbocycles. The van der Waals surface area contributed by atoms with E-state index >= 15 is 0 Å². The van der Waals surface area contributed by atoms with Crippen LogP contribution in [0.2, 0.25) is 0 Å². The molecule has 1 aliphatic rings. The summed E-state index contributed by atoms with van der Waals surface area (Å²) in [6, 6.07) is 12.7. The van der Waals surface area contributed by atoms with Gasteiger partial charge in [-0.25, -0.2) is 0 Å². The number of amides is 1. The van der Waals surface area contributed by atoms with Crippen LogP contribution in [0.4, 0.5) is 0 Å². The van der Waals surface area contributed by atoms with E-state index in [2.05, 4.69) is 59.8 Å². The Morgan fingerprint density at radius 1 is 1.12 bits per heavy atom. The van der Waals surface area contributed by atoms with Gasteiger partial charge in [0, 0.05) is 47.5 Å². The average molecular weight is 335 g/mol. The first-order valence-electron chi connectivity index (χ1n) is 9.12. The van der Waals surface area contributed by atoms with Crippen molar-refractivity contribution in [1.82, 2.24) is 14.5 Å². The van der Waals surface area contributed by atoms with Gasteiger partial charge >= 0.3 is 0 Å². The van der Waals surface area contributed by atoms with Gasteiger partial charge in [0.05, 0.1) is 6.54 Å². The second kappa shape index (κ2) is 6.43. The van der Waals surface area contributed by atoms with Crippen LogP contribution in [-0.2, 0) is 24.3 Å². The highest BCUT2D eigenvalue weighted by molar-refractivity contribution is 5.85. The van der Waals surface area contributed by atoms with E-state index in [4.69, 9.17) is 0 Å². The summed E-state index contributed by atoms with van der Waals surface area (Å²) in [5, 5.41) is 1.31. The maximum absolute atomic E-state index is 12.6. The molecule has 2 aromatic heterocycles. The lowest BCUT2D eigenvalue weighted by molar-refractivity contribution is -0.132. The largest absolute Gasteiger partial charge is 0.357 e. The second-order valence-corrected chi connectivity index (χ2v) is 7.06. The van der Waals surface area contributed by atoms with Crippen LogP contribution in [0.15, 0.2) is 36.4 Å². The maximum Gasteiger partial charge on any atom is 0.222 e. The first-order chi connectivity index (χ1) is 12.1. The third kappa shape index (κ3) is 2.97. The number of aromatic amines is 1. The van der Waals surface area contributed by atoms with Gasteiger partial charge in [0.25, 0.3) is 0 Å². The summed E-state index contributed by atoms with van der Waals surface area (Å²) >= 11 is 0. The molecule has 1 amide bonds. The van der Waals surface area contributed by atoms with E-state index < -0.39 is 0 Å². The van der Waals surface area contributed by atoms with Crippen LogP contribution in [0.25, 0.3) is 10.9 Å². The molecule has 0 atom stereocenters. The Morgan fingerprint density at radius 2 is 1.88 bits per heavy atom. The molecule has 25 heavy (non-hydrogen) atoms. The molecular formula is C21H25N3O. The summed E-state index contributed by atoms with van der Waals surface area (Å²) in [7, 11) is 0. The number of hydrogen-bond acceptors (Lipinski definition) is 1. The minimum atomic E-state index is 0.270. The van der Waals surface area contributed by atoms with Gasteiger partial charge in [-0.2, -0.15) is 0 Å². The monoisotopic (exact) mass is 335 g/mol. The molecule has 0 fully saturated rings. The van der Waals surface area contributed by atoms with Crippen LogP contribution < -0.4 is 0 Å². The van der Waals surface area contributed by atoms with Crippen LogP contribution in [0.5, 0.6) is 0 Å². The zero-order chi connectivity index (χ0) is 17.4. The number of carbonyl (C=O) groups is 1. The molecule has 0 unspecified atom stereocenters. The Morgan fingerprint density at radius 3 is 2.68 bits per heavy atom. The quantitative estimate of drug-likeness (QED) is 0.770. The number of H-pyrrole nitrogens is 1. The van der Waals surface area contributed by atoms with E-state index in [1.807, 2.05) is 4.90 Å². The lowest BCUT2D eigenvalue weighted by Gasteiger charge is -2.27. The molecular weight excluding hydrogens is 310 g/mol. The second-order valence-electron chi connectivity index (χ2n) is 7.06. The number of rotatable bonds is 4. The van der Waals surface area contributed by atoms with Crippen LogP contribution in [0, 0.1) is 13.8 Å². The van der Waals surface area contributed by atoms with E-state index in [-0.39, 0.29) is 5.91 Å². The minimum absolute atomic E-state index is 0.270. The normalized spacial score (nSPS) is 14.1. The molecule has 1 N–H and O–H groups in total. The zero-order valence-corrected chi connectivity index (χ0v) is 15.0. The van der Waals surface area contributed by atoms with Gasteiger partial charge in [-0.3, -0.25) is 4.79 Å². The van der Waals surface area contributed by atoms with Gasteiger partial charge in [0.2, 0.25) is 5.91 Å². The van der Waals surface area contributed by atoms with Crippen molar-refractivity contribution >= 4 is 16.8 Å². The molecule has 0 bridgehead atoms. The maximum atomic E-state index is 12.6. The van der Waals surface area contributed by atoms with Gasteiger partial charge in [0.1, 0.15) is 0 Å². The third-order valence-corrected chi connectivity index (χ3v) is 5.43. The van der Waals surface area contributed by atoms with E-state index in [9.17, 15) is 4.79 Å². The lowest BCUT2D eigenvalue weighted by atomic mass is 10.0. The Hall–Kier alpha value is -2.49. The fourth-order valence-electron chi connectivity index (χ4n) is 4.00.